The molecule has 0 bridgehead atoms. The van der Waals surface area contributed by atoms with Gasteiger partial charge < -0.3 is 14.8 Å². The molecule has 0 saturated carbocycles. The monoisotopic (exact) mass is 252 g/mol. The van der Waals surface area contributed by atoms with E-state index in [9.17, 15) is 0 Å². The van der Waals surface area contributed by atoms with Gasteiger partial charge in [-0.25, -0.2) is 0 Å². The highest BCUT2D eigenvalue weighted by Crippen LogP contribution is 2.24. The Balaban J connectivity index is 2.04. The lowest BCUT2D eigenvalue weighted by Gasteiger charge is -2.11. The molecule has 2 rings (SSSR count). The molecule has 92 valence electrons. The summed E-state index contributed by atoms with van der Waals surface area (Å²) in [5.41, 5.74) is 1.10. The fourth-order valence-corrected chi connectivity index (χ4v) is 2.34. The smallest absolute Gasteiger partial charge is 0.156 e. The van der Waals surface area contributed by atoms with Gasteiger partial charge in [-0.05, 0) is 12.1 Å². The predicted molar refractivity (Wildman–Crippen MR) is 71.1 cm³/mol. The number of rotatable bonds is 4. The molecule has 4 nitrogen and oxygen atoms in total. The number of amidine groups is 1. The lowest BCUT2D eigenvalue weighted by molar-refractivity contribution is 0.390. The first-order chi connectivity index (χ1) is 8.33. The van der Waals surface area contributed by atoms with Gasteiger partial charge in [0.05, 0.1) is 20.8 Å². The number of aliphatic imine (C=N–C) groups is 1. The van der Waals surface area contributed by atoms with Gasteiger partial charge in [0.2, 0.25) is 0 Å². The molecule has 0 spiro atoms. The molecule has 0 atom stereocenters. The molecule has 0 aromatic heterocycles. The van der Waals surface area contributed by atoms with Crippen molar-refractivity contribution in [1.82, 2.24) is 5.32 Å². The molecular formula is C12H16N2O2S. The number of thioether (sulfide) groups is 1. The van der Waals surface area contributed by atoms with Crippen LogP contribution in [0.25, 0.3) is 0 Å². The Hall–Kier alpha value is -1.36. The van der Waals surface area contributed by atoms with E-state index in [0.717, 1.165) is 41.1 Å². The van der Waals surface area contributed by atoms with Crippen LogP contribution in [0, 0.1) is 0 Å². The van der Waals surface area contributed by atoms with E-state index in [-0.39, 0.29) is 0 Å². The highest BCUT2D eigenvalue weighted by molar-refractivity contribution is 8.14. The molecule has 0 fully saturated rings. The topological polar surface area (TPSA) is 42.8 Å². The summed E-state index contributed by atoms with van der Waals surface area (Å²) in [5.74, 6) is 2.71. The Kier molecular flexibility index (Phi) is 4.14. The van der Waals surface area contributed by atoms with Gasteiger partial charge >= 0.3 is 0 Å². The van der Waals surface area contributed by atoms with Crippen molar-refractivity contribution in [2.24, 2.45) is 4.99 Å². The molecule has 5 heteroatoms. The fraction of sp³-hybridized carbons (Fsp3) is 0.417. The number of nitrogens with one attached hydrogen (secondary N) is 1. The average molecular weight is 252 g/mol. The first kappa shape index (κ1) is 12.1. The van der Waals surface area contributed by atoms with Crippen LogP contribution in [0.15, 0.2) is 23.2 Å². The summed E-state index contributed by atoms with van der Waals surface area (Å²) < 4.78 is 10.5. The first-order valence-corrected chi connectivity index (χ1v) is 6.44. The van der Waals surface area contributed by atoms with E-state index < -0.39 is 0 Å². The minimum atomic E-state index is 0.721. The van der Waals surface area contributed by atoms with E-state index in [0.29, 0.717) is 0 Å². The van der Waals surface area contributed by atoms with Crippen molar-refractivity contribution >= 4 is 16.9 Å². The third-order valence-electron chi connectivity index (χ3n) is 2.51. The third kappa shape index (κ3) is 3.06. The molecule has 0 unspecified atom stereocenters. The zero-order chi connectivity index (χ0) is 12.1. The summed E-state index contributed by atoms with van der Waals surface area (Å²) in [6.07, 6.45) is 0. The number of ether oxygens (including phenoxy) is 2. The molecule has 1 aliphatic rings. The second-order valence-electron chi connectivity index (χ2n) is 3.57. The number of benzene rings is 1. The van der Waals surface area contributed by atoms with Crippen LogP contribution < -0.4 is 14.8 Å². The van der Waals surface area contributed by atoms with Gasteiger partial charge in [-0.15, -0.1) is 0 Å². The zero-order valence-corrected chi connectivity index (χ0v) is 10.8. The first-order valence-electron chi connectivity index (χ1n) is 5.45. The third-order valence-corrected chi connectivity index (χ3v) is 3.44. The van der Waals surface area contributed by atoms with Crippen molar-refractivity contribution < 1.29 is 9.47 Å². The van der Waals surface area contributed by atoms with Crippen LogP contribution in [-0.4, -0.2) is 31.7 Å². The van der Waals surface area contributed by atoms with Crippen LogP contribution in [0.5, 0.6) is 11.5 Å². The highest BCUT2D eigenvalue weighted by atomic mass is 32.2. The van der Waals surface area contributed by atoms with Gasteiger partial charge in [-0.3, -0.25) is 4.99 Å². The van der Waals surface area contributed by atoms with E-state index in [1.807, 2.05) is 18.2 Å². The van der Waals surface area contributed by atoms with Gasteiger partial charge in [-0.1, -0.05) is 11.8 Å². The summed E-state index contributed by atoms with van der Waals surface area (Å²) >= 11 is 1.76. The van der Waals surface area contributed by atoms with Gasteiger partial charge in [0.15, 0.2) is 5.17 Å². The Morgan fingerprint density at radius 1 is 1.35 bits per heavy atom. The second-order valence-corrected chi connectivity index (χ2v) is 4.65. The lowest BCUT2D eigenvalue weighted by Crippen LogP contribution is -2.18. The molecule has 0 amide bonds. The largest absolute Gasteiger partial charge is 0.497 e. The standard InChI is InChI=1S/C12H16N2O2S/c1-15-10-4-3-9(11(7-10)16-2)8-14-12-13-5-6-17-12/h3-4,7H,5-6,8H2,1-2H3,(H,13,14). The molecule has 1 aromatic carbocycles. The van der Waals surface area contributed by atoms with E-state index >= 15 is 0 Å². The molecule has 1 N–H and O–H groups in total. The van der Waals surface area contributed by atoms with Crippen LogP contribution in [0.4, 0.5) is 0 Å². The molecule has 17 heavy (non-hydrogen) atoms. The minimum absolute atomic E-state index is 0.721. The Labute approximate surface area is 105 Å². The molecule has 0 saturated heterocycles. The van der Waals surface area contributed by atoms with Crippen molar-refractivity contribution in [3.8, 4) is 11.5 Å². The van der Waals surface area contributed by atoms with E-state index in [4.69, 9.17) is 9.47 Å². The number of nitrogens with zero attached hydrogens (tertiary/aromatic N) is 1. The minimum Gasteiger partial charge on any atom is -0.497 e. The van der Waals surface area contributed by atoms with Gasteiger partial charge in [0, 0.05) is 23.9 Å². The molecule has 0 radical (unpaired) electrons. The Bertz CT molecular complexity index is 421. The van der Waals surface area contributed by atoms with Crippen molar-refractivity contribution in [1.29, 1.82) is 0 Å². The maximum Gasteiger partial charge on any atom is 0.156 e. The van der Waals surface area contributed by atoms with E-state index in [1.165, 1.54) is 0 Å². The van der Waals surface area contributed by atoms with Crippen LogP contribution in [0.1, 0.15) is 5.56 Å². The summed E-state index contributed by atoms with van der Waals surface area (Å²) in [6.45, 7) is 1.63. The van der Waals surface area contributed by atoms with Crippen molar-refractivity contribution in [3.05, 3.63) is 23.8 Å². The normalized spacial score (nSPS) is 14.4. The quantitative estimate of drug-likeness (QED) is 0.888. The highest BCUT2D eigenvalue weighted by Gasteiger charge is 2.09. The SMILES string of the molecule is COc1ccc(CNC2=NCCS2)c(OC)c1. The van der Waals surface area contributed by atoms with E-state index in [2.05, 4.69) is 10.3 Å². The summed E-state index contributed by atoms with van der Waals surface area (Å²) in [7, 11) is 3.32. The van der Waals surface area contributed by atoms with Crippen LogP contribution in [-0.2, 0) is 6.54 Å². The summed E-state index contributed by atoms with van der Waals surface area (Å²) in [5, 5.41) is 4.32. The van der Waals surface area contributed by atoms with Crippen molar-refractivity contribution in [2.75, 3.05) is 26.5 Å². The maximum absolute atomic E-state index is 5.34. The van der Waals surface area contributed by atoms with Gasteiger partial charge in [0.1, 0.15) is 11.5 Å². The molecule has 1 aliphatic heterocycles. The maximum atomic E-state index is 5.34. The fourth-order valence-electron chi connectivity index (χ4n) is 1.61. The van der Waals surface area contributed by atoms with Crippen LogP contribution in [0.2, 0.25) is 0 Å². The molecule has 0 aliphatic carbocycles. The molecule has 1 aromatic rings. The van der Waals surface area contributed by atoms with Crippen LogP contribution in [0.3, 0.4) is 0 Å². The van der Waals surface area contributed by atoms with E-state index in [1.54, 1.807) is 26.0 Å². The predicted octanol–water partition coefficient (Wildman–Crippen LogP) is 1.90. The Morgan fingerprint density at radius 2 is 2.24 bits per heavy atom. The summed E-state index contributed by atoms with van der Waals surface area (Å²) in [4.78, 5) is 4.34. The van der Waals surface area contributed by atoms with Crippen molar-refractivity contribution in [3.63, 3.8) is 0 Å². The number of methoxy groups -OCH3 is 2. The average Bonchev–Trinajstić information content (AvgIpc) is 2.89. The van der Waals surface area contributed by atoms with Gasteiger partial charge in [0.25, 0.3) is 0 Å². The second kappa shape index (κ2) is 5.82. The number of hydrogen-bond donors (Lipinski definition) is 1. The lowest BCUT2D eigenvalue weighted by atomic mass is 10.2. The Morgan fingerprint density at radius 3 is 2.88 bits per heavy atom. The van der Waals surface area contributed by atoms with Gasteiger partial charge in [-0.2, -0.15) is 0 Å². The van der Waals surface area contributed by atoms with Crippen molar-refractivity contribution in [2.45, 2.75) is 6.54 Å². The van der Waals surface area contributed by atoms with Crippen LogP contribution >= 0.6 is 11.8 Å². The summed E-state index contributed by atoms with van der Waals surface area (Å²) in [6, 6.07) is 5.83. The molecular weight excluding hydrogens is 236 g/mol. The zero-order valence-electron chi connectivity index (χ0n) is 10.0. The number of hydrogen-bond acceptors (Lipinski definition) is 5. The molecule has 1 heterocycles.